The molecule has 10 atom stereocenters. The van der Waals surface area contributed by atoms with Crippen LogP contribution >= 0.6 is 7.82 Å². The molecule has 366 valence electrons. The van der Waals surface area contributed by atoms with Crippen LogP contribution in [0.2, 0.25) is 0 Å². The summed E-state index contributed by atoms with van der Waals surface area (Å²) in [6.07, 6.45) is 32.8. The Morgan fingerprint density at radius 3 is 1.61 bits per heavy atom. The lowest BCUT2D eigenvalue weighted by Gasteiger charge is -2.41. The highest BCUT2D eigenvalue weighted by Gasteiger charge is 2.51. The number of aliphatic hydroxyl groups excluding tert-OH is 5. The fourth-order valence-electron chi connectivity index (χ4n) is 6.98. The minimum Gasteiger partial charge on any atom is -0.462 e. The van der Waals surface area contributed by atoms with Crippen LogP contribution in [0.5, 0.6) is 0 Å². The molecule has 5 unspecified atom stereocenters. The van der Waals surface area contributed by atoms with E-state index < -0.39 is 75.7 Å². The quantitative estimate of drug-likeness (QED) is 0.0113. The van der Waals surface area contributed by atoms with Gasteiger partial charge in [0.15, 0.2) is 6.10 Å². The van der Waals surface area contributed by atoms with Gasteiger partial charge in [0.05, 0.1) is 18.8 Å². The molecule has 15 heteroatoms. The van der Waals surface area contributed by atoms with Crippen LogP contribution in [0.25, 0.3) is 0 Å². The van der Waals surface area contributed by atoms with Gasteiger partial charge in [-0.1, -0.05) is 138 Å². The van der Waals surface area contributed by atoms with Crippen molar-refractivity contribution in [3.8, 4) is 0 Å². The molecule has 1 saturated heterocycles. The molecule has 14 nitrogen and oxygen atoms in total. The summed E-state index contributed by atoms with van der Waals surface area (Å²) in [6.45, 7) is 3.16. The average Bonchev–Trinajstić information content (AvgIpc) is 4.03. The number of carbonyl (C=O) groups is 2. The highest BCUT2D eigenvalue weighted by atomic mass is 31.2. The third-order valence-corrected chi connectivity index (χ3v) is 11.9. The second kappa shape index (κ2) is 35.4. The van der Waals surface area contributed by atoms with Crippen molar-refractivity contribution in [3.05, 3.63) is 72.9 Å². The maximum atomic E-state index is 12.8. The van der Waals surface area contributed by atoms with E-state index in [1.807, 2.05) is 24.3 Å². The molecule has 0 amide bonds. The molecule has 2 rings (SSSR count). The van der Waals surface area contributed by atoms with Crippen molar-refractivity contribution in [3.63, 3.8) is 0 Å². The third kappa shape index (κ3) is 27.0. The molecule has 0 spiro atoms. The zero-order chi connectivity index (χ0) is 46.8. The maximum Gasteiger partial charge on any atom is 0.472 e. The molecule has 0 radical (unpaired) electrons. The van der Waals surface area contributed by atoms with E-state index in [1.165, 1.54) is 57.8 Å². The number of hydrogen-bond acceptors (Lipinski definition) is 13. The van der Waals surface area contributed by atoms with Gasteiger partial charge in [-0.05, 0) is 77.0 Å². The van der Waals surface area contributed by atoms with E-state index in [2.05, 4.69) is 62.5 Å². The minimum atomic E-state index is -5.15. The lowest BCUT2D eigenvalue weighted by molar-refractivity contribution is -0.220. The number of carbonyl (C=O) groups excluding carboxylic acids is 2. The molecule has 0 aromatic heterocycles. The lowest BCUT2D eigenvalue weighted by Crippen LogP contribution is -2.64. The van der Waals surface area contributed by atoms with Crippen LogP contribution in [-0.4, -0.2) is 111 Å². The first-order valence-electron chi connectivity index (χ1n) is 23.9. The van der Waals surface area contributed by atoms with Gasteiger partial charge < -0.3 is 44.6 Å². The lowest BCUT2D eigenvalue weighted by atomic mass is 9.85. The average molecular weight is 925 g/mol. The number of esters is 2. The Balaban J connectivity index is 1.75. The molecule has 2 aliphatic rings. The fourth-order valence-corrected chi connectivity index (χ4v) is 7.95. The molecule has 0 aromatic carbocycles. The Morgan fingerprint density at radius 1 is 0.562 bits per heavy atom. The van der Waals surface area contributed by atoms with Crippen LogP contribution in [0.3, 0.4) is 0 Å². The van der Waals surface area contributed by atoms with Gasteiger partial charge in [0.1, 0.15) is 43.2 Å². The zero-order valence-electron chi connectivity index (χ0n) is 38.5. The fraction of sp³-hybridized carbons (Fsp3) is 0.714. The summed E-state index contributed by atoms with van der Waals surface area (Å²) in [5, 5.41) is 50.2. The topological polar surface area (TPSA) is 222 Å². The first-order valence-corrected chi connectivity index (χ1v) is 25.4. The van der Waals surface area contributed by atoms with Crippen molar-refractivity contribution in [2.45, 2.75) is 210 Å². The van der Waals surface area contributed by atoms with Crippen LogP contribution < -0.4 is 0 Å². The van der Waals surface area contributed by atoms with Crippen molar-refractivity contribution in [2.24, 2.45) is 0 Å². The molecule has 1 aliphatic carbocycles. The summed E-state index contributed by atoms with van der Waals surface area (Å²) in [6, 6.07) is 0. The monoisotopic (exact) mass is 925 g/mol. The van der Waals surface area contributed by atoms with Crippen LogP contribution in [0.15, 0.2) is 72.9 Å². The second-order valence-electron chi connectivity index (χ2n) is 16.6. The van der Waals surface area contributed by atoms with Crippen LogP contribution in [-0.2, 0) is 37.4 Å². The summed E-state index contributed by atoms with van der Waals surface area (Å²) in [5.41, 5.74) is 0. The number of allylic oxidation sites excluding steroid dienone is 11. The standard InChI is InChI=1S/C49H81O14P/c1-3-5-7-8-9-10-11-12-13-14-15-16-17-21-24-27-31-35-42(50)59-37-39(38-60-64(57,58)63-49-47(55)45(53)44(52)46(54)48(49)56)61-43(51)36-32-28-25-22-19-18-20-23-26-30-34-41-40(62-41)33-29-6-4-2/h12-13,15-16,18,20-22,24-26,30,39-41,44-49,52-56H,3-11,14,17,19,23,27-29,31-38H2,1-2H3,(H,57,58)/b13-12-,16-15-,20-18-,24-21-,25-22-,30-26-/t39-,40?,41?,44?,45-,46+,47-,48-,49?/m1/s1. The summed E-state index contributed by atoms with van der Waals surface area (Å²) >= 11 is 0. The molecule has 1 heterocycles. The number of phosphoric acid groups is 1. The molecular formula is C49H81O14P. The van der Waals surface area contributed by atoms with Gasteiger partial charge in [-0.2, -0.15) is 0 Å². The minimum absolute atomic E-state index is 0.00289. The summed E-state index contributed by atoms with van der Waals surface area (Å²) in [4.78, 5) is 35.7. The van der Waals surface area contributed by atoms with E-state index >= 15 is 0 Å². The van der Waals surface area contributed by atoms with Crippen LogP contribution in [0.1, 0.15) is 155 Å². The van der Waals surface area contributed by atoms with E-state index in [-0.39, 0.29) is 12.8 Å². The molecule has 64 heavy (non-hydrogen) atoms. The Hall–Kier alpha value is -2.75. The largest absolute Gasteiger partial charge is 0.472 e. The third-order valence-electron chi connectivity index (χ3n) is 10.9. The number of rotatable bonds is 37. The number of aliphatic hydroxyl groups is 5. The Bertz CT molecular complexity index is 1460. The van der Waals surface area contributed by atoms with E-state index in [0.717, 1.165) is 44.9 Å². The number of epoxide rings is 1. The molecular weight excluding hydrogens is 843 g/mol. The number of phosphoric ester groups is 1. The highest BCUT2D eigenvalue weighted by Crippen LogP contribution is 2.47. The van der Waals surface area contributed by atoms with E-state index in [4.69, 9.17) is 23.3 Å². The Morgan fingerprint density at radius 2 is 1.03 bits per heavy atom. The number of hydrogen-bond donors (Lipinski definition) is 6. The van der Waals surface area contributed by atoms with Gasteiger partial charge in [-0.3, -0.25) is 18.6 Å². The Labute approximate surface area is 382 Å². The van der Waals surface area contributed by atoms with Crippen molar-refractivity contribution < 1.29 is 67.8 Å². The smallest absolute Gasteiger partial charge is 0.462 e. The molecule has 6 N–H and O–H groups in total. The molecule has 1 saturated carbocycles. The van der Waals surface area contributed by atoms with E-state index in [1.54, 1.807) is 0 Å². The SMILES string of the molecule is CCCCCCCC/C=C\C/C=C\C/C=C\CCCC(=O)OC[C@H](COP(=O)(O)OC1[C@H](O)[C@H](O)C(O)[C@H](O)[C@H]1O)OC(=O)CCC/C=C\C/C=C\C/C=C\CC1OC1CCCCC. The maximum absolute atomic E-state index is 12.8. The normalized spacial score (nSPS) is 25.4. The predicted octanol–water partition coefficient (Wildman–Crippen LogP) is 8.49. The van der Waals surface area contributed by atoms with Crippen molar-refractivity contribution in [1.29, 1.82) is 0 Å². The van der Waals surface area contributed by atoms with Gasteiger partial charge in [0, 0.05) is 12.8 Å². The molecule has 1 aliphatic heterocycles. The zero-order valence-corrected chi connectivity index (χ0v) is 39.4. The van der Waals surface area contributed by atoms with Crippen molar-refractivity contribution in [2.75, 3.05) is 13.2 Å². The highest BCUT2D eigenvalue weighted by molar-refractivity contribution is 7.47. The first-order chi connectivity index (χ1) is 30.9. The number of unbranched alkanes of at least 4 members (excludes halogenated alkanes) is 10. The van der Waals surface area contributed by atoms with Gasteiger partial charge in [0.2, 0.25) is 0 Å². The summed E-state index contributed by atoms with van der Waals surface area (Å²) < 4.78 is 39.2. The molecule has 0 bridgehead atoms. The summed E-state index contributed by atoms with van der Waals surface area (Å²) in [7, 11) is -5.15. The number of ether oxygens (including phenoxy) is 3. The van der Waals surface area contributed by atoms with Crippen LogP contribution in [0, 0.1) is 0 Å². The van der Waals surface area contributed by atoms with E-state index in [0.29, 0.717) is 37.9 Å². The summed E-state index contributed by atoms with van der Waals surface area (Å²) in [5.74, 6) is -1.24. The first kappa shape index (κ1) is 57.4. The van der Waals surface area contributed by atoms with Crippen molar-refractivity contribution >= 4 is 19.8 Å². The van der Waals surface area contributed by atoms with Crippen LogP contribution in [0.4, 0.5) is 0 Å². The molecule has 0 aromatic rings. The second-order valence-corrected chi connectivity index (χ2v) is 18.0. The van der Waals surface area contributed by atoms with Gasteiger partial charge in [0.25, 0.3) is 0 Å². The van der Waals surface area contributed by atoms with Crippen molar-refractivity contribution in [1.82, 2.24) is 0 Å². The van der Waals surface area contributed by atoms with E-state index in [9.17, 15) is 44.6 Å². The predicted molar refractivity (Wildman–Crippen MR) is 248 cm³/mol. The molecule has 2 fully saturated rings. The van der Waals surface area contributed by atoms with Gasteiger partial charge in [-0.15, -0.1) is 0 Å². The Kier molecular flexibility index (Phi) is 31.8. The van der Waals surface area contributed by atoms with Gasteiger partial charge in [-0.25, -0.2) is 4.57 Å². The van der Waals surface area contributed by atoms with Gasteiger partial charge >= 0.3 is 19.8 Å².